The summed E-state index contributed by atoms with van der Waals surface area (Å²) in [5.41, 5.74) is 6.97. The second-order valence-corrected chi connectivity index (χ2v) is 5.67. The van der Waals surface area contributed by atoms with E-state index >= 15 is 0 Å². The molecule has 0 radical (unpaired) electrons. The molecule has 2 N–H and O–H groups in total. The van der Waals surface area contributed by atoms with Crippen molar-refractivity contribution >= 4 is 8.53 Å². The van der Waals surface area contributed by atoms with Crippen molar-refractivity contribution in [1.29, 1.82) is 0 Å². The highest BCUT2D eigenvalue weighted by atomic mass is 31.2. The molecule has 18 heavy (non-hydrogen) atoms. The third-order valence-corrected chi connectivity index (χ3v) is 3.13. The maximum Gasteiger partial charge on any atom is 0.271 e. The molecule has 1 aromatic rings. The molecule has 0 aliphatic rings. The van der Waals surface area contributed by atoms with Gasteiger partial charge in [-0.1, -0.05) is 30.3 Å². The van der Waals surface area contributed by atoms with Crippen molar-refractivity contribution in [3.05, 3.63) is 35.9 Å². The van der Waals surface area contributed by atoms with E-state index in [2.05, 4.69) is 27.7 Å². The lowest BCUT2D eigenvalue weighted by atomic mass is 10.2. The minimum Gasteiger partial charge on any atom is -0.316 e. The number of hydrogen-bond donors (Lipinski definition) is 1. The second kappa shape index (κ2) is 7.82. The highest BCUT2D eigenvalue weighted by Crippen LogP contribution is 2.33. The molecule has 0 aliphatic carbocycles. The highest BCUT2D eigenvalue weighted by molar-refractivity contribution is 7.44. The van der Waals surface area contributed by atoms with Crippen LogP contribution in [0.2, 0.25) is 0 Å². The number of hydrogen-bond acceptors (Lipinski definition) is 4. The van der Waals surface area contributed by atoms with Crippen molar-refractivity contribution in [3.63, 3.8) is 0 Å². The van der Waals surface area contributed by atoms with Gasteiger partial charge < -0.3 is 4.52 Å². The van der Waals surface area contributed by atoms with Gasteiger partial charge in [0.25, 0.3) is 8.53 Å². The molecular formula is C13H23N2O2P. The molecule has 0 saturated carbocycles. The second-order valence-electron chi connectivity index (χ2n) is 4.67. The first-order valence-corrected chi connectivity index (χ1v) is 7.43. The highest BCUT2D eigenvalue weighted by Gasteiger charge is 2.18. The van der Waals surface area contributed by atoms with Gasteiger partial charge in [-0.15, -0.1) is 0 Å². The lowest BCUT2D eigenvalue weighted by Gasteiger charge is -2.30. The Morgan fingerprint density at radius 1 is 1.11 bits per heavy atom. The summed E-state index contributed by atoms with van der Waals surface area (Å²) in [4.78, 5) is 0. The van der Waals surface area contributed by atoms with Crippen LogP contribution in [0.3, 0.4) is 0 Å². The Morgan fingerprint density at radius 2 is 1.67 bits per heavy atom. The van der Waals surface area contributed by atoms with Gasteiger partial charge in [0.15, 0.2) is 0 Å². The van der Waals surface area contributed by atoms with Gasteiger partial charge in [-0.3, -0.25) is 5.50 Å². The van der Waals surface area contributed by atoms with Gasteiger partial charge in [-0.05, 0) is 33.3 Å². The molecule has 0 fully saturated rings. The van der Waals surface area contributed by atoms with Crippen LogP contribution >= 0.6 is 8.53 Å². The Bertz CT molecular complexity index is 325. The van der Waals surface area contributed by atoms with Crippen molar-refractivity contribution in [2.75, 3.05) is 0 Å². The number of benzene rings is 1. The average molecular weight is 270 g/mol. The summed E-state index contributed by atoms with van der Waals surface area (Å²) in [6.45, 7) is 8.76. The molecule has 4 nitrogen and oxygen atoms in total. The molecule has 5 heteroatoms. The van der Waals surface area contributed by atoms with E-state index in [9.17, 15) is 0 Å². The van der Waals surface area contributed by atoms with Crippen molar-refractivity contribution in [2.45, 2.75) is 46.4 Å². The molecule has 0 bridgehead atoms. The molecule has 1 aromatic carbocycles. The van der Waals surface area contributed by atoms with Crippen LogP contribution < -0.4 is 5.50 Å². The van der Waals surface area contributed by atoms with Crippen molar-refractivity contribution < 1.29 is 9.15 Å². The van der Waals surface area contributed by atoms with Gasteiger partial charge in [-0.25, -0.2) is 4.62 Å². The van der Waals surface area contributed by atoms with Crippen molar-refractivity contribution in [1.82, 2.24) is 5.06 Å². The summed E-state index contributed by atoms with van der Waals surface area (Å²) in [5, 5.41) is 1.87. The molecule has 0 amide bonds. The molecule has 0 saturated heterocycles. The number of nitrogens with two attached hydrogens (primary N) is 1. The predicted octanol–water partition coefficient (Wildman–Crippen LogP) is 3.44. The quantitative estimate of drug-likeness (QED) is 0.609. The summed E-state index contributed by atoms with van der Waals surface area (Å²) < 4.78 is 11.2. The van der Waals surface area contributed by atoms with Crippen LogP contribution in [0.1, 0.15) is 33.3 Å². The third-order valence-electron chi connectivity index (χ3n) is 2.39. The zero-order chi connectivity index (χ0) is 13.5. The molecule has 0 aromatic heterocycles. The lowest BCUT2D eigenvalue weighted by Crippen LogP contribution is -2.36. The minimum absolute atomic E-state index is 0.277. The molecule has 0 aliphatic heterocycles. The fourth-order valence-electron chi connectivity index (χ4n) is 1.61. The predicted molar refractivity (Wildman–Crippen MR) is 75.5 cm³/mol. The van der Waals surface area contributed by atoms with Crippen molar-refractivity contribution in [2.24, 2.45) is 5.50 Å². The Morgan fingerprint density at radius 3 is 2.17 bits per heavy atom. The van der Waals surface area contributed by atoms with Gasteiger partial charge in [0, 0.05) is 12.1 Å². The first-order valence-electron chi connectivity index (χ1n) is 6.18. The standard InChI is InChI=1S/C13H23N2O2P/c1-11(2)15(12(3)4)17-18(14)16-10-13-8-6-5-7-9-13/h5-9,11-12H,10,14H2,1-4H3. The smallest absolute Gasteiger partial charge is 0.271 e. The molecule has 1 atom stereocenters. The van der Waals surface area contributed by atoms with E-state index in [-0.39, 0.29) is 12.1 Å². The number of nitrogens with zero attached hydrogens (tertiary/aromatic N) is 1. The SMILES string of the molecule is CC(C)N(OP(N)OCc1ccccc1)C(C)C. The summed E-state index contributed by atoms with van der Waals surface area (Å²) in [5.74, 6) is 0. The zero-order valence-corrected chi connectivity index (χ0v) is 12.4. The van der Waals surface area contributed by atoms with Crippen LogP contribution in [0, 0.1) is 0 Å². The Balaban J connectivity index is 2.39. The summed E-state index contributed by atoms with van der Waals surface area (Å²) in [7, 11) is -1.38. The van der Waals surface area contributed by atoms with E-state index in [0.717, 1.165) is 5.56 Å². The first kappa shape index (κ1) is 15.5. The van der Waals surface area contributed by atoms with Gasteiger partial charge >= 0.3 is 0 Å². The topological polar surface area (TPSA) is 47.7 Å². The van der Waals surface area contributed by atoms with Crippen LogP contribution in [0.25, 0.3) is 0 Å². The zero-order valence-electron chi connectivity index (χ0n) is 11.5. The monoisotopic (exact) mass is 270 g/mol. The fourth-order valence-corrected chi connectivity index (χ4v) is 2.50. The first-order chi connectivity index (χ1) is 8.50. The van der Waals surface area contributed by atoms with Gasteiger partial charge in [0.05, 0.1) is 6.61 Å². The Kier molecular flexibility index (Phi) is 6.76. The van der Waals surface area contributed by atoms with E-state index in [1.165, 1.54) is 0 Å². The van der Waals surface area contributed by atoms with E-state index in [0.29, 0.717) is 6.61 Å². The van der Waals surface area contributed by atoms with Gasteiger partial charge in [0.2, 0.25) is 0 Å². The van der Waals surface area contributed by atoms with Gasteiger partial charge in [-0.2, -0.15) is 5.06 Å². The molecule has 102 valence electrons. The summed E-state index contributed by atoms with van der Waals surface area (Å²) in [6.07, 6.45) is 0. The largest absolute Gasteiger partial charge is 0.316 e. The minimum atomic E-state index is -1.38. The summed E-state index contributed by atoms with van der Waals surface area (Å²) >= 11 is 0. The maximum atomic E-state index is 5.88. The van der Waals surface area contributed by atoms with Crippen LogP contribution in [0.4, 0.5) is 0 Å². The van der Waals surface area contributed by atoms with Crippen LogP contribution in [0.5, 0.6) is 0 Å². The van der Waals surface area contributed by atoms with E-state index in [1.807, 2.05) is 35.4 Å². The van der Waals surface area contributed by atoms with E-state index in [4.69, 9.17) is 14.7 Å². The summed E-state index contributed by atoms with van der Waals surface area (Å²) in [6, 6.07) is 10.5. The van der Waals surface area contributed by atoms with Crippen LogP contribution in [0.15, 0.2) is 30.3 Å². The Hall–Kier alpha value is -0.510. The third kappa shape index (κ3) is 5.42. The lowest BCUT2D eigenvalue weighted by molar-refractivity contribution is -0.112. The number of rotatable bonds is 7. The molecule has 1 rings (SSSR count). The maximum absolute atomic E-state index is 5.88. The fraction of sp³-hybridized carbons (Fsp3) is 0.538. The molecule has 0 heterocycles. The van der Waals surface area contributed by atoms with Crippen LogP contribution in [-0.4, -0.2) is 17.1 Å². The average Bonchev–Trinajstić information content (AvgIpc) is 2.34. The molecule has 1 unspecified atom stereocenters. The van der Waals surface area contributed by atoms with Gasteiger partial charge in [0.1, 0.15) is 0 Å². The molecular weight excluding hydrogens is 247 g/mol. The Labute approximate surface area is 111 Å². The normalized spacial score (nSPS) is 13.6. The number of hydroxylamine groups is 2. The van der Waals surface area contributed by atoms with Crippen LogP contribution in [-0.2, 0) is 15.8 Å². The van der Waals surface area contributed by atoms with Crippen molar-refractivity contribution in [3.8, 4) is 0 Å². The van der Waals surface area contributed by atoms with E-state index in [1.54, 1.807) is 0 Å². The van der Waals surface area contributed by atoms with E-state index < -0.39 is 8.53 Å². The molecule has 0 spiro atoms.